The topological polar surface area (TPSA) is 76.0 Å². The van der Waals surface area contributed by atoms with Crippen molar-refractivity contribution in [3.8, 4) is 0 Å². The van der Waals surface area contributed by atoms with Gasteiger partial charge < -0.3 is 5.11 Å². The van der Waals surface area contributed by atoms with Crippen LogP contribution >= 0.6 is 0 Å². The van der Waals surface area contributed by atoms with Crippen LogP contribution in [0.25, 0.3) is 0 Å². The van der Waals surface area contributed by atoms with Crippen LogP contribution in [0.15, 0.2) is 18.5 Å². The van der Waals surface area contributed by atoms with E-state index in [1.54, 1.807) is 25.4 Å². The van der Waals surface area contributed by atoms with Crippen LogP contribution in [0.4, 0.5) is 0 Å². The normalized spacial score (nSPS) is 7.73. The smallest absolute Gasteiger partial charge is 0.303 e. The number of aliphatic carboxylic acids is 1. The van der Waals surface area contributed by atoms with Gasteiger partial charge in [0.05, 0.1) is 12.4 Å². The minimum Gasteiger partial charge on any atom is -0.481 e. The highest BCUT2D eigenvalue weighted by Crippen LogP contribution is 1.67. The number of aromatic nitrogens is 3. The third-order valence-corrected chi connectivity index (χ3v) is 0.711. The molecule has 1 N–H and O–H groups in total. The summed E-state index contributed by atoms with van der Waals surface area (Å²) in [4.78, 5) is 9.37. The van der Waals surface area contributed by atoms with E-state index < -0.39 is 5.97 Å². The van der Waals surface area contributed by atoms with E-state index in [4.69, 9.17) is 5.11 Å². The van der Waals surface area contributed by atoms with Crippen LogP contribution in [0.1, 0.15) is 13.3 Å². The highest BCUT2D eigenvalue weighted by Gasteiger charge is 1.80. The van der Waals surface area contributed by atoms with Crippen molar-refractivity contribution in [2.75, 3.05) is 0 Å². The summed E-state index contributed by atoms with van der Waals surface area (Å²) in [7, 11) is 0. The second kappa shape index (κ2) is 6.60. The number of rotatable bonds is 1. The lowest BCUT2D eigenvalue weighted by Crippen LogP contribution is -1.86. The molecule has 0 aliphatic heterocycles. The van der Waals surface area contributed by atoms with Crippen molar-refractivity contribution in [3.63, 3.8) is 0 Å². The van der Waals surface area contributed by atoms with Gasteiger partial charge in [-0.1, -0.05) is 6.92 Å². The van der Waals surface area contributed by atoms with Crippen molar-refractivity contribution in [1.29, 1.82) is 0 Å². The zero-order valence-electron chi connectivity index (χ0n) is 6.14. The standard InChI is InChI=1S/C3H3N3.C3H6O2/c1-2-4-6-5-3-1;1-2-3(4)5/h1-3H;2H2,1H3,(H,4,5). The van der Waals surface area contributed by atoms with E-state index in [2.05, 4.69) is 15.4 Å². The molecule has 1 aromatic rings. The number of hydrogen-bond donors (Lipinski definition) is 1. The van der Waals surface area contributed by atoms with Gasteiger partial charge in [-0.15, -0.1) is 10.2 Å². The van der Waals surface area contributed by atoms with Gasteiger partial charge in [0.2, 0.25) is 0 Å². The second-order valence-electron chi connectivity index (χ2n) is 1.56. The molecule has 60 valence electrons. The first-order valence-electron chi connectivity index (χ1n) is 3.07. The van der Waals surface area contributed by atoms with Crippen molar-refractivity contribution < 1.29 is 9.90 Å². The zero-order valence-corrected chi connectivity index (χ0v) is 6.14. The van der Waals surface area contributed by atoms with Gasteiger partial charge in [-0.25, -0.2) is 0 Å². The summed E-state index contributed by atoms with van der Waals surface area (Å²) in [5.41, 5.74) is 0. The maximum absolute atomic E-state index is 9.37. The highest BCUT2D eigenvalue weighted by molar-refractivity contribution is 5.66. The molecule has 5 nitrogen and oxygen atoms in total. The summed E-state index contributed by atoms with van der Waals surface area (Å²) >= 11 is 0. The molecule has 0 aliphatic carbocycles. The summed E-state index contributed by atoms with van der Waals surface area (Å²) in [6.07, 6.45) is 3.38. The molecule has 0 saturated heterocycles. The predicted octanol–water partition coefficient (Wildman–Crippen LogP) is 0.353. The lowest BCUT2D eigenvalue weighted by molar-refractivity contribution is -0.136. The van der Waals surface area contributed by atoms with E-state index in [0.29, 0.717) is 0 Å². The Morgan fingerprint density at radius 3 is 2.00 bits per heavy atom. The Hall–Kier alpha value is -1.52. The average molecular weight is 155 g/mol. The van der Waals surface area contributed by atoms with Crippen LogP contribution in [0, 0.1) is 0 Å². The van der Waals surface area contributed by atoms with Gasteiger partial charge in [-0.3, -0.25) is 4.79 Å². The van der Waals surface area contributed by atoms with Crippen molar-refractivity contribution in [3.05, 3.63) is 18.5 Å². The van der Waals surface area contributed by atoms with Gasteiger partial charge in [0.15, 0.2) is 0 Å². The predicted molar refractivity (Wildman–Crippen MR) is 37.8 cm³/mol. The molecular weight excluding hydrogens is 146 g/mol. The summed E-state index contributed by atoms with van der Waals surface area (Å²) in [6.45, 7) is 1.60. The first-order chi connectivity index (χ1) is 5.27. The fourth-order valence-corrected chi connectivity index (χ4v) is 0.205. The van der Waals surface area contributed by atoms with Gasteiger partial charge in [-0.2, -0.15) is 0 Å². The Labute approximate surface area is 64.1 Å². The lowest BCUT2D eigenvalue weighted by atomic mass is 10.5. The molecule has 11 heavy (non-hydrogen) atoms. The van der Waals surface area contributed by atoms with Crippen LogP contribution < -0.4 is 0 Å². The van der Waals surface area contributed by atoms with Gasteiger partial charge in [0.25, 0.3) is 0 Å². The van der Waals surface area contributed by atoms with E-state index in [1.807, 2.05) is 0 Å². The van der Waals surface area contributed by atoms with E-state index in [9.17, 15) is 4.79 Å². The van der Waals surface area contributed by atoms with Crippen molar-refractivity contribution in [2.45, 2.75) is 13.3 Å². The maximum Gasteiger partial charge on any atom is 0.303 e. The number of carboxylic acid groups (broad SMARTS) is 1. The van der Waals surface area contributed by atoms with Crippen LogP contribution in [0.3, 0.4) is 0 Å². The van der Waals surface area contributed by atoms with Crippen LogP contribution in [0.5, 0.6) is 0 Å². The van der Waals surface area contributed by atoms with Crippen molar-refractivity contribution in [2.24, 2.45) is 0 Å². The van der Waals surface area contributed by atoms with Crippen molar-refractivity contribution in [1.82, 2.24) is 15.4 Å². The Kier molecular flexibility index (Phi) is 5.69. The lowest BCUT2D eigenvalue weighted by Gasteiger charge is -1.71. The number of hydrogen-bond acceptors (Lipinski definition) is 4. The summed E-state index contributed by atoms with van der Waals surface area (Å²) in [5, 5.41) is 17.9. The summed E-state index contributed by atoms with van der Waals surface area (Å²) in [5.74, 6) is -0.745. The molecule has 0 unspecified atom stereocenters. The summed E-state index contributed by atoms with van der Waals surface area (Å²) in [6, 6.07) is 1.72. The fraction of sp³-hybridized carbons (Fsp3) is 0.333. The Bertz CT molecular complexity index is 164. The number of carbonyl (C=O) groups is 1. The van der Waals surface area contributed by atoms with Gasteiger partial charge >= 0.3 is 5.97 Å². The third kappa shape index (κ3) is 8.48. The molecule has 0 bridgehead atoms. The minimum absolute atomic E-state index is 0.222. The Morgan fingerprint density at radius 2 is 1.91 bits per heavy atom. The Balaban J connectivity index is 0.000000187. The quantitative estimate of drug-likeness (QED) is 0.633. The van der Waals surface area contributed by atoms with Crippen LogP contribution in [-0.4, -0.2) is 26.5 Å². The minimum atomic E-state index is -0.745. The molecule has 0 saturated carbocycles. The SMILES string of the molecule is CCC(=O)O.c1cnnnc1. The average Bonchev–Trinajstić information content (AvgIpc) is 2.09. The molecule has 0 aromatic carbocycles. The molecule has 0 amide bonds. The molecule has 0 spiro atoms. The maximum atomic E-state index is 9.37. The third-order valence-electron chi connectivity index (χ3n) is 0.711. The molecular formula is C6H9N3O2. The Morgan fingerprint density at radius 1 is 1.45 bits per heavy atom. The monoisotopic (exact) mass is 155 g/mol. The van der Waals surface area contributed by atoms with E-state index in [1.165, 1.54) is 0 Å². The zero-order chi connectivity index (χ0) is 8.53. The van der Waals surface area contributed by atoms with Crippen LogP contribution in [0.2, 0.25) is 0 Å². The van der Waals surface area contributed by atoms with Crippen molar-refractivity contribution >= 4 is 5.97 Å². The van der Waals surface area contributed by atoms with E-state index in [0.717, 1.165) is 0 Å². The molecule has 0 atom stereocenters. The summed E-state index contributed by atoms with van der Waals surface area (Å²) < 4.78 is 0. The fourth-order valence-electron chi connectivity index (χ4n) is 0.205. The highest BCUT2D eigenvalue weighted by atomic mass is 16.4. The molecule has 5 heteroatoms. The molecule has 1 rings (SSSR count). The first-order valence-corrected chi connectivity index (χ1v) is 3.07. The van der Waals surface area contributed by atoms with E-state index in [-0.39, 0.29) is 6.42 Å². The molecule has 1 aromatic heterocycles. The molecule has 0 radical (unpaired) electrons. The van der Waals surface area contributed by atoms with Crippen LogP contribution in [-0.2, 0) is 4.79 Å². The molecule has 1 heterocycles. The number of nitrogens with zero attached hydrogens (tertiary/aromatic N) is 3. The largest absolute Gasteiger partial charge is 0.481 e. The first kappa shape index (κ1) is 9.48. The van der Waals surface area contributed by atoms with Gasteiger partial charge in [0.1, 0.15) is 0 Å². The second-order valence-corrected chi connectivity index (χ2v) is 1.56. The molecule has 0 fully saturated rings. The van der Waals surface area contributed by atoms with Gasteiger partial charge in [-0.05, 0) is 11.3 Å². The van der Waals surface area contributed by atoms with E-state index >= 15 is 0 Å². The number of carboxylic acids is 1. The molecule has 0 aliphatic rings. The van der Waals surface area contributed by atoms with Gasteiger partial charge in [0, 0.05) is 6.42 Å².